The zero-order valence-electron chi connectivity index (χ0n) is 60.5. The summed E-state index contributed by atoms with van der Waals surface area (Å²) in [5, 5.41) is 9.77. The summed E-state index contributed by atoms with van der Waals surface area (Å²) in [6.07, 6.45) is 95.9. The predicted molar refractivity (Wildman–Crippen MR) is 392 cm³/mol. The molecule has 2 unspecified atom stereocenters. The highest BCUT2D eigenvalue weighted by molar-refractivity contribution is 5.71. The highest BCUT2D eigenvalue weighted by Crippen LogP contribution is 2.19. The second-order valence-corrected chi connectivity index (χ2v) is 27.3. The lowest BCUT2D eigenvalue weighted by atomic mass is 10.0. The predicted octanol–water partition coefficient (Wildman–Crippen LogP) is 24.6. The first-order valence-corrected chi connectivity index (χ1v) is 38.8. The third kappa shape index (κ3) is 73.7. The molecule has 1 N–H and O–H groups in total. The number of aliphatic carboxylic acids is 1. The molecule has 9 heteroatoms. The molecule has 0 aliphatic rings. The molecule has 0 aliphatic heterocycles. The molecular formula is C82H148NO8+. The van der Waals surface area contributed by atoms with E-state index < -0.39 is 24.3 Å². The van der Waals surface area contributed by atoms with Gasteiger partial charge >= 0.3 is 17.9 Å². The first-order valence-electron chi connectivity index (χ1n) is 38.8. The molecule has 0 aliphatic carbocycles. The number of allylic oxidation sites excluding steroid dienone is 14. The number of hydrogen-bond acceptors (Lipinski definition) is 7. The Kier molecular flexibility index (Phi) is 69.5. The summed E-state index contributed by atoms with van der Waals surface area (Å²) >= 11 is 0. The zero-order valence-corrected chi connectivity index (χ0v) is 60.5. The summed E-state index contributed by atoms with van der Waals surface area (Å²) in [5.74, 6) is -1.99. The normalized spacial score (nSPS) is 13.1. The van der Waals surface area contributed by atoms with Crippen molar-refractivity contribution >= 4 is 17.9 Å². The number of likely N-dealkylation sites (N-methyl/N-ethyl adjacent to an activating group) is 1. The van der Waals surface area contributed by atoms with E-state index in [1.54, 1.807) is 0 Å². The van der Waals surface area contributed by atoms with Gasteiger partial charge in [0.15, 0.2) is 6.10 Å². The van der Waals surface area contributed by atoms with Gasteiger partial charge in [-0.05, 0) is 89.9 Å². The van der Waals surface area contributed by atoms with Gasteiger partial charge in [-0.15, -0.1) is 0 Å². The number of quaternary nitrogens is 1. The van der Waals surface area contributed by atoms with Crippen LogP contribution in [0.4, 0.5) is 0 Å². The molecule has 0 aromatic rings. The van der Waals surface area contributed by atoms with E-state index in [0.29, 0.717) is 17.4 Å². The van der Waals surface area contributed by atoms with Gasteiger partial charge in [-0.3, -0.25) is 9.59 Å². The number of carbonyl (C=O) groups is 3. The Balaban J connectivity index is 4.00. The number of carbonyl (C=O) groups excluding carboxylic acids is 2. The molecule has 0 rings (SSSR count). The second kappa shape index (κ2) is 72.3. The zero-order chi connectivity index (χ0) is 66.1. The lowest BCUT2D eigenvalue weighted by molar-refractivity contribution is -0.870. The highest BCUT2D eigenvalue weighted by atomic mass is 16.7. The van der Waals surface area contributed by atoms with E-state index in [9.17, 15) is 19.5 Å². The standard InChI is InChI=1S/C82H147NO8/c1-6-8-10-12-14-16-18-20-22-24-26-28-30-32-34-36-37-38-39-40-41-42-43-45-46-48-50-52-54-56-58-60-62-64-66-68-70-72-79(84)89-76-78(77-90-82(81(86)87)88-75-74-83(3,4)5)91-80(85)73-71-69-67-65-63-61-59-57-55-53-51-49-47-44-35-33-31-29-27-25-23-21-19-17-15-13-11-9-7-2/h9,11,15,17-18,20-21,23-24,26-27,29,33,35,78,82H,6-8,10,12-14,16,19,22,25,28,30-32,34,36-77H2,1-5H3/p+1/b11-9-,17-15-,20-18-,23-21-,26-24-,29-27-,35-33-. The van der Waals surface area contributed by atoms with Gasteiger partial charge in [0.1, 0.15) is 13.2 Å². The van der Waals surface area contributed by atoms with E-state index >= 15 is 0 Å². The molecule has 0 heterocycles. The van der Waals surface area contributed by atoms with Crippen molar-refractivity contribution in [2.75, 3.05) is 47.5 Å². The van der Waals surface area contributed by atoms with Crippen LogP contribution in [0.1, 0.15) is 361 Å². The topological polar surface area (TPSA) is 108 Å². The van der Waals surface area contributed by atoms with Gasteiger partial charge in [-0.1, -0.05) is 343 Å². The average Bonchev–Trinajstić information content (AvgIpc) is 3.66. The van der Waals surface area contributed by atoms with E-state index in [1.807, 2.05) is 21.1 Å². The lowest BCUT2D eigenvalue weighted by Crippen LogP contribution is -2.40. The molecule has 0 amide bonds. The molecule has 0 fully saturated rings. The molecule has 0 aromatic carbocycles. The molecule has 9 nitrogen and oxygen atoms in total. The smallest absolute Gasteiger partial charge is 0.361 e. The molecule has 0 spiro atoms. The highest BCUT2D eigenvalue weighted by Gasteiger charge is 2.25. The van der Waals surface area contributed by atoms with Crippen LogP contribution < -0.4 is 0 Å². The minimum absolute atomic E-state index is 0.181. The van der Waals surface area contributed by atoms with Crippen LogP contribution in [0.15, 0.2) is 85.1 Å². The number of carboxylic acids is 1. The number of nitrogens with zero attached hydrogens (tertiary/aromatic N) is 1. The van der Waals surface area contributed by atoms with Crippen LogP contribution in [-0.4, -0.2) is 87.4 Å². The fourth-order valence-corrected chi connectivity index (χ4v) is 11.3. The minimum atomic E-state index is -1.51. The van der Waals surface area contributed by atoms with Gasteiger partial charge in [-0.25, -0.2) is 4.79 Å². The number of carboxylic acid groups (broad SMARTS) is 1. The van der Waals surface area contributed by atoms with Gasteiger partial charge < -0.3 is 28.5 Å². The molecule has 0 aromatic heterocycles. The SMILES string of the molecule is CC/C=C\C/C=C\C/C=C\C/C=C\C/C=C\CCCCCCCCCCCCCCCC(=O)OC(COC(=O)CCCCCCCCCCCCCCCCCCCCCCCCCCC/C=C\C/C=C\CCCCCCC)COC(OCC[N+](C)(C)C)C(=O)O. The van der Waals surface area contributed by atoms with Crippen LogP contribution in [0, 0.1) is 0 Å². The van der Waals surface area contributed by atoms with E-state index in [2.05, 4.69) is 98.9 Å². The largest absolute Gasteiger partial charge is 0.477 e. The van der Waals surface area contributed by atoms with Gasteiger partial charge in [-0.2, -0.15) is 0 Å². The third-order valence-electron chi connectivity index (χ3n) is 17.1. The Bertz CT molecular complexity index is 1770. The summed E-state index contributed by atoms with van der Waals surface area (Å²) in [5.41, 5.74) is 0. The van der Waals surface area contributed by atoms with Crippen molar-refractivity contribution < 1.29 is 42.9 Å². The third-order valence-corrected chi connectivity index (χ3v) is 17.1. The fourth-order valence-electron chi connectivity index (χ4n) is 11.3. The monoisotopic (exact) mass is 1280 g/mol. The number of unbranched alkanes of at least 4 members (excludes halogenated alkanes) is 43. The minimum Gasteiger partial charge on any atom is -0.477 e. The van der Waals surface area contributed by atoms with Crippen LogP contribution >= 0.6 is 0 Å². The molecule has 528 valence electrons. The summed E-state index contributed by atoms with van der Waals surface area (Å²) in [4.78, 5) is 37.7. The molecule has 0 radical (unpaired) electrons. The van der Waals surface area contributed by atoms with Crippen LogP contribution in [0.5, 0.6) is 0 Å². The Hall–Kier alpha value is -3.53. The summed E-state index contributed by atoms with van der Waals surface area (Å²) in [7, 11) is 5.99. The lowest BCUT2D eigenvalue weighted by Gasteiger charge is -2.25. The molecule has 0 saturated carbocycles. The molecular weight excluding hydrogens is 1130 g/mol. The first-order chi connectivity index (χ1) is 44.6. The van der Waals surface area contributed by atoms with Crippen LogP contribution in [-0.2, 0) is 33.3 Å². The van der Waals surface area contributed by atoms with Gasteiger partial charge in [0, 0.05) is 12.8 Å². The van der Waals surface area contributed by atoms with Crippen molar-refractivity contribution in [3.8, 4) is 0 Å². The van der Waals surface area contributed by atoms with Crippen molar-refractivity contribution in [3.05, 3.63) is 85.1 Å². The summed E-state index contributed by atoms with van der Waals surface area (Å²) in [6, 6.07) is 0. The van der Waals surface area contributed by atoms with Gasteiger partial charge in [0.25, 0.3) is 6.29 Å². The average molecular weight is 1280 g/mol. The maximum Gasteiger partial charge on any atom is 0.361 e. The van der Waals surface area contributed by atoms with Crippen molar-refractivity contribution in [1.29, 1.82) is 0 Å². The van der Waals surface area contributed by atoms with Gasteiger partial charge in [0.2, 0.25) is 0 Å². The molecule has 91 heavy (non-hydrogen) atoms. The fraction of sp³-hybridized carbons (Fsp3) is 0.793. The van der Waals surface area contributed by atoms with Crippen molar-refractivity contribution in [2.45, 2.75) is 373 Å². The number of ether oxygens (including phenoxy) is 4. The Morgan fingerprint density at radius 2 is 0.626 bits per heavy atom. The maximum atomic E-state index is 13.0. The maximum absolute atomic E-state index is 13.0. The Morgan fingerprint density at radius 3 is 0.934 bits per heavy atom. The molecule has 0 bridgehead atoms. The van der Waals surface area contributed by atoms with Gasteiger partial charge in [0.05, 0.1) is 34.4 Å². The van der Waals surface area contributed by atoms with E-state index in [1.165, 1.54) is 257 Å². The van der Waals surface area contributed by atoms with E-state index in [0.717, 1.165) is 77.0 Å². The van der Waals surface area contributed by atoms with E-state index in [4.69, 9.17) is 18.9 Å². The summed E-state index contributed by atoms with van der Waals surface area (Å²) in [6.45, 7) is 4.80. The van der Waals surface area contributed by atoms with Crippen LogP contribution in [0.2, 0.25) is 0 Å². The molecule has 0 saturated heterocycles. The van der Waals surface area contributed by atoms with Crippen molar-refractivity contribution in [1.82, 2.24) is 0 Å². The number of hydrogen-bond donors (Lipinski definition) is 1. The van der Waals surface area contributed by atoms with Crippen molar-refractivity contribution in [2.24, 2.45) is 0 Å². The summed E-state index contributed by atoms with van der Waals surface area (Å²) < 4.78 is 23.0. The number of esters is 2. The Labute approximate surface area is 563 Å². The van der Waals surface area contributed by atoms with Crippen LogP contribution in [0.3, 0.4) is 0 Å². The molecule has 2 atom stereocenters. The van der Waals surface area contributed by atoms with E-state index in [-0.39, 0.29) is 32.2 Å². The second-order valence-electron chi connectivity index (χ2n) is 27.3. The van der Waals surface area contributed by atoms with Crippen molar-refractivity contribution in [3.63, 3.8) is 0 Å². The number of rotatable bonds is 72. The first kappa shape index (κ1) is 87.5. The Morgan fingerprint density at radius 1 is 0.341 bits per heavy atom. The van der Waals surface area contributed by atoms with Crippen LogP contribution in [0.25, 0.3) is 0 Å². The quantitative estimate of drug-likeness (QED) is 0.0211.